The van der Waals surface area contributed by atoms with Gasteiger partial charge in [-0.3, -0.25) is 0 Å². The van der Waals surface area contributed by atoms with E-state index in [2.05, 4.69) is 10.2 Å². The predicted molar refractivity (Wildman–Crippen MR) is 99.7 cm³/mol. The summed E-state index contributed by atoms with van der Waals surface area (Å²) in [6, 6.07) is 13.7. The first-order valence-electron chi connectivity index (χ1n) is 8.12. The van der Waals surface area contributed by atoms with E-state index in [9.17, 15) is 13.2 Å². The van der Waals surface area contributed by atoms with Crippen LogP contribution in [0.25, 0.3) is 11.4 Å². The lowest BCUT2D eigenvalue weighted by atomic mass is 10.2. The molecule has 28 heavy (non-hydrogen) atoms. The van der Waals surface area contributed by atoms with Gasteiger partial charge in [0.2, 0.25) is 5.16 Å². The number of nitrogens with zero attached hydrogens (tertiary/aromatic N) is 3. The fourth-order valence-corrected chi connectivity index (χ4v) is 3.15. The molecular formula is C18H17F3N4O2S. The topological polar surface area (TPSA) is 75.2 Å². The van der Waals surface area contributed by atoms with Crippen LogP contribution in [0.15, 0.2) is 53.7 Å². The van der Waals surface area contributed by atoms with Crippen LogP contribution in [0.1, 0.15) is 5.56 Å². The van der Waals surface area contributed by atoms with E-state index >= 15 is 0 Å². The van der Waals surface area contributed by atoms with Crippen LogP contribution in [0.3, 0.4) is 0 Å². The average Bonchev–Trinajstić information content (AvgIpc) is 3.05. The first kappa shape index (κ1) is 19.9. The van der Waals surface area contributed by atoms with Crippen molar-refractivity contribution in [3.05, 3.63) is 54.1 Å². The van der Waals surface area contributed by atoms with Crippen LogP contribution < -0.4 is 15.3 Å². The van der Waals surface area contributed by atoms with Crippen molar-refractivity contribution >= 4 is 11.8 Å². The summed E-state index contributed by atoms with van der Waals surface area (Å²) in [5.74, 6) is 7.90. The van der Waals surface area contributed by atoms with Gasteiger partial charge in [0.15, 0.2) is 12.4 Å². The molecule has 0 amide bonds. The van der Waals surface area contributed by atoms with Crippen LogP contribution in [-0.4, -0.2) is 34.8 Å². The van der Waals surface area contributed by atoms with E-state index in [1.165, 1.54) is 22.5 Å². The summed E-state index contributed by atoms with van der Waals surface area (Å²) in [5, 5.41) is 8.66. The Morgan fingerprint density at radius 2 is 1.82 bits per heavy atom. The molecule has 0 aliphatic carbocycles. The second kappa shape index (κ2) is 8.42. The van der Waals surface area contributed by atoms with Crippen molar-refractivity contribution in [2.75, 3.05) is 19.6 Å². The van der Waals surface area contributed by atoms with Crippen LogP contribution >= 0.6 is 11.8 Å². The minimum Gasteiger partial charge on any atom is -0.497 e. The van der Waals surface area contributed by atoms with E-state index in [1.807, 2.05) is 12.1 Å². The molecule has 3 aromatic rings. The Balaban J connectivity index is 1.66. The van der Waals surface area contributed by atoms with Crippen molar-refractivity contribution in [1.82, 2.24) is 14.9 Å². The van der Waals surface area contributed by atoms with Gasteiger partial charge in [0.05, 0.1) is 7.11 Å². The Morgan fingerprint density at radius 3 is 2.50 bits per heavy atom. The number of benzene rings is 2. The maximum atomic E-state index is 12.3. The minimum absolute atomic E-state index is 0.156. The number of methoxy groups -OCH3 is 1. The van der Waals surface area contributed by atoms with E-state index in [1.54, 1.807) is 37.4 Å². The van der Waals surface area contributed by atoms with Gasteiger partial charge in [0, 0.05) is 11.3 Å². The Hall–Kier alpha value is -2.88. The second-order valence-corrected chi connectivity index (χ2v) is 6.69. The van der Waals surface area contributed by atoms with Crippen molar-refractivity contribution in [3.63, 3.8) is 0 Å². The third-order valence-electron chi connectivity index (χ3n) is 3.68. The van der Waals surface area contributed by atoms with Crippen molar-refractivity contribution in [2.45, 2.75) is 17.1 Å². The average molecular weight is 410 g/mol. The molecule has 0 saturated carbocycles. The van der Waals surface area contributed by atoms with E-state index < -0.39 is 12.8 Å². The zero-order valence-electron chi connectivity index (χ0n) is 14.8. The standard InChI is InChI=1S/C18H17F3N4O2S/c1-26-14-7-5-13(6-8-14)16-23-24-17(25(16)22)28-10-12-3-2-4-15(9-12)27-11-18(19,20)21/h2-9H,10-11,22H2,1H3. The van der Waals surface area contributed by atoms with E-state index in [4.69, 9.17) is 15.3 Å². The molecule has 0 atom stereocenters. The van der Waals surface area contributed by atoms with Crippen molar-refractivity contribution in [1.29, 1.82) is 0 Å². The second-order valence-electron chi connectivity index (χ2n) is 5.74. The van der Waals surface area contributed by atoms with Crippen molar-refractivity contribution < 1.29 is 22.6 Å². The molecule has 2 N–H and O–H groups in total. The number of aromatic nitrogens is 3. The van der Waals surface area contributed by atoms with E-state index in [0.29, 0.717) is 22.5 Å². The summed E-state index contributed by atoms with van der Waals surface area (Å²) in [7, 11) is 1.58. The van der Waals surface area contributed by atoms with Crippen molar-refractivity contribution in [2.24, 2.45) is 0 Å². The SMILES string of the molecule is COc1ccc(-c2nnc(SCc3cccc(OCC(F)(F)F)c3)n2N)cc1. The molecule has 0 aliphatic rings. The van der Waals surface area contributed by atoms with Crippen LogP contribution in [0, 0.1) is 0 Å². The fourth-order valence-electron chi connectivity index (χ4n) is 2.35. The van der Waals surface area contributed by atoms with Gasteiger partial charge in [0.25, 0.3) is 0 Å². The summed E-state index contributed by atoms with van der Waals surface area (Å²) in [4.78, 5) is 0. The molecule has 3 rings (SSSR count). The Morgan fingerprint density at radius 1 is 1.07 bits per heavy atom. The van der Waals surface area contributed by atoms with Gasteiger partial charge in [-0.05, 0) is 42.0 Å². The molecule has 0 bridgehead atoms. The molecule has 0 fully saturated rings. The third-order valence-corrected chi connectivity index (χ3v) is 4.70. The van der Waals surface area contributed by atoms with Crippen LogP contribution in [-0.2, 0) is 5.75 Å². The zero-order valence-corrected chi connectivity index (χ0v) is 15.6. The number of thioether (sulfide) groups is 1. The Bertz CT molecular complexity index is 929. The Kier molecular flexibility index (Phi) is 5.98. The number of ether oxygens (including phenoxy) is 2. The number of hydrogen-bond donors (Lipinski definition) is 1. The molecule has 6 nitrogen and oxygen atoms in total. The number of rotatable bonds is 7. The summed E-state index contributed by atoms with van der Waals surface area (Å²) < 4.78 is 48.1. The van der Waals surface area contributed by atoms with E-state index in [-0.39, 0.29) is 5.75 Å². The molecular weight excluding hydrogens is 393 g/mol. The lowest BCUT2D eigenvalue weighted by Crippen LogP contribution is -2.19. The largest absolute Gasteiger partial charge is 0.497 e. The maximum Gasteiger partial charge on any atom is 0.422 e. The molecule has 10 heteroatoms. The number of nitrogen functional groups attached to an aromatic ring is 1. The molecule has 148 valence electrons. The predicted octanol–water partition coefficient (Wildman–Crippen LogP) is 3.90. The van der Waals surface area contributed by atoms with Crippen molar-refractivity contribution in [3.8, 4) is 22.9 Å². The summed E-state index contributed by atoms with van der Waals surface area (Å²) in [5.41, 5.74) is 1.56. The minimum atomic E-state index is -4.38. The third kappa shape index (κ3) is 5.10. The quantitative estimate of drug-likeness (QED) is 0.470. The van der Waals surface area contributed by atoms with Crippen LogP contribution in [0.2, 0.25) is 0 Å². The summed E-state index contributed by atoms with van der Waals surface area (Å²) in [6.07, 6.45) is -4.38. The van der Waals surface area contributed by atoms with Gasteiger partial charge in [-0.15, -0.1) is 10.2 Å². The van der Waals surface area contributed by atoms with Gasteiger partial charge in [-0.2, -0.15) is 13.2 Å². The summed E-state index contributed by atoms with van der Waals surface area (Å²) in [6.45, 7) is -1.33. The van der Waals surface area contributed by atoms with E-state index in [0.717, 1.165) is 11.1 Å². The highest BCUT2D eigenvalue weighted by molar-refractivity contribution is 7.98. The maximum absolute atomic E-state index is 12.3. The molecule has 1 heterocycles. The highest BCUT2D eigenvalue weighted by Crippen LogP contribution is 2.27. The first-order chi connectivity index (χ1) is 13.4. The number of nitrogens with two attached hydrogens (primary N) is 1. The molecule has 0 aliphatic heterocycles. The molecule has 0 radical (unpaired) electrons. The molecule has 1 aromatic heterocycles. The highest BCUT2D eigenvalue weighted by atomic mass is 32.2. The molecule has 0 unspecified atom stereocenters. The van der Waals surface area contributed by atoms with Gasteiger partial charge >= 0.3 is 6.18 Å². The fraction of sp³-hybridized carbons (Fsp3) is 0.222. The van der Waals surface area contributed by atoms with Gasteiger partial charge < -0.3 is 15.3 Å². The molecule has 0 saturated heterocycles. The first-order valence-corrected chi connectivity index (χ1v) is 9.10. The Labute approximate surface area is 163 Å². The normalized spacial score (nSPS) is 11.4. The number of hydrogen-bond acceptors (Lipinski definition) is 6. The van der Waals surface area contributed by atoms with Gasteiger partial charge in [-0.25, -0.2) is 4.68 Å². The smallest absolute Gasteiger partial charge is 0.422 e. The number of alkyl halides is 3. The summed E-state index contributed by atoms with van der Waals surface area (Å²) >= 11 is 1.32. The lowest BCUT2D eigenvalue weighted by Gasteiger charge is -2.10. The van der Waals surface area contributed by atoms with Crippen LogP contribution in [0.5, 0.6) is 11.5 Å². The highest BCUT2D eigenvalue weighted by Gasteiger charge is 2.28. The van der Waals surface area contributed by atoms with Crippen LogP contribution in [0.4, 0.5) is 13.2 Å². The molecule has 2 aromatic carbocycles. The monoisotopic (exact) mass is 410 g/mol. The zero-order chi connectivity index (χ0) is 20.1. The van der Waals surface area contributed by atoms with Gasteiger partial charge in [0.1, 0.15) is 11.5 Å². The number of halogens is 3. The molecule has 0 spiro atoms. The lowest BCUT2D eigenvalue weighted by molar-refractivity contribution is -0.153. The van der Waals surface area contributed by atoms with Gasteiger partial charge in [-0.1, -0.05) is 23.9 Å².